The molecule has 1 aliphatic heterocycles. The molecule has 1 unspecified atom stereocenters. The van der Waals surface area contributed by atoms with Crippen molar-refractivity contribution in [2.24, 2.45) is 7.05 Å². The van der Waals surface area contributed by atoms with Crippen LogP contribution in [0.25, 0.3) is 11.3 Å². The Morgan fingerprint density at radius 2 is 2.19 bits per heavy atom. The second-order valence-electron chi connectivity index (χ2n) is 6.83. The molecule has 26 heavy (non-hydrogen) atoms. The lowest BCUT2D eigenvalue weighted by molar-refractivity contribution is 0.416. The van der Waals surface area contributed by atoms with Gasteiger partial charge in [-0.2, -0.15) is 10.1 Å². The van der Waals surface area contributed by atoms with Crippen molar-refractivity contribution in [3.8, 4) is 11.3 Å². The molecule has 1 fully saturated rings. The molecule has 1 atom stereocenters. The second kappa shape index (κ2) is 6.74. The van der Waals surface area contributed by atoms with Crippen LogP contribution in [0, 0.1) is 0 Å². The van der Waals surface area contributed by atoms with E-state index >= 15 is 0 Å². The molecule has 1 saturated heterocycles. The van der Waals surface area contributed by atoms with Gasteiger partial charge in [0.2, 0.25) is 5.95 Å². The standard InChI is InChI=1S/C17H22N8O/c1-11(2)15-22-17(26-23-15)20-13-5-7-25(10-13)16-18-6-4-14(21-16)12-8-19-24(3)9-12/h4,6,8-9,11,13H,5,7,10H2,1-3H3,(H,20,22,23). The molecule has 0 bridgehead atoms. The van der Waals surface area contributed by atoms with Gasteiger partial charge in [-0.15, -0.1) is 0 Å². The van der Waals surface area contributed by atoms with Gasteiger partial charge >= 0.3 is 6.01 Å². The van der Waals surface area contributed by atoms with Crippen molar-refractivity contribution in [1.29, 1.82) is 0 Å². The zero-order valence-electron chi connectivity index (χ0n) is 15.1. The lowest BCUT2D eigenvalue weighted by Gasteiger charge is -2.16. The number of hydrogen-bond donors (Lipinski definition) is 1. The molecule has 4 heterocycles. The summed E-state index contributed by atoms with van der Waals surface area (Å²) in [4.78, 5) is 15.7. The Kier molecular flexibility index (Phi) is 4.27. The smallest absolute Gasteiger partial charge is 0.321 e. The number of rotatable bonds is 5. The van der Waals surface area contributed by atoms with Crippen LogP contribution in [0.15, 0.2) is 29.2 Å². The summed E-state index contributed by atoms with van der Waals surface area (Å²) in [6.45, 7) is 5.74. The van der Waals surface area contributed by atoms with Crippen LogP contribution in [0.2, 0.25) is 0 Å². The second-order valence-corrected chi connectivity index (χ2v) is 6.83. The van der Waals surface area contributed by atoms with Crippen molar-refractivity contribution in [1.82, 2.24) is 29.9 Å². The minimum Gasteiger partial charge on any atom is -0.339 e. The molecule has 0 saturated carbocycles. The summed E-state index contributed by atoms with van der Waals surface area (Å²) in [5.41, 5.74) is 1.86. The van der Waals surface area contributed by atoms with E-state index < -0.39 is 0 Å². The topological polar surface area (TPSA) is 97.8 Å². The highest BCUT2D eigenvalue weighted by Gasteiger charge is 2.26. The summed E-state index contributed by atoms with van der Waals surface area (Å²) < 4.78 is 7.04. The average molecular weight is 354 g/mol. The molecular weight excluding hydrogens is 332 g/mol. The van der Waals surface area contributed by atoms with Crippen molar-refractivity contribution in [3.63, 3.8) is 0 Å². The maximum Gasteiger partial charge on any atom is 0.321 e. The minimum absolute atomic E-state index is 0.223. The lowest BCUT2D eigenvalue weighted by atomic mass is 10.2. The van der Waals surface area contributed by atoms with Crippen LogP contribution in [-0.2, 0) is 7.05 Å². The third-order valence-electron chi connectivity index (χ3n) is 4.40. The molecule has 1 aliphatic rings. The van der Waals surface area contributed by atoms with E-state index in [1.54, 1.807) is 10.9 Å². The molecule has 3 aromatic rings. The van der Waals surface area contributed by atoms with Crippen molar-refractivity contribution >= 4 is 12.0 Å². The minimum atomic E-state index is 0.223. The van der Waals surface area contributed by atoms with Crippen LogP contribution in [0.1, 0.15) is 32.0 Å². The maximum absolute atomic E-state index is 5.28. The van der Waals surface area contributed by atoms with Gasteiger partial charge in [-0.25, -0.2) is 9.97 Å². The summed E-state index contributed by atoms with van der Waals surface area (Å²) in [6.07, 6.45) is 6.50. The van der Waals surface area contributed by atoms with E-state index in [1.807, 2.05) is 39.4 Å². The number of nitrogens with one attached hydrogen (secondary N) is 1. The predicted molar refractivity (Wildman–Crippen MR) is 96.9 cm³/mol. The highest BCUT2D eigenvalue weighted by molar-refractivity contribution is 5.58. The Hall–Kier alpha value is -2.97. The Morgan fingerprint density at radius 3 is 2.92 bits per heavy atom. The fourth-order valence-electron chi connectivity index (χ4n) is 2.98. The van der Waals surface area contributed by atoms with Gasteiger partial charge in [0.05, 0.1) is 11.9 Å². The number of aromatic nitrogens is 6. The molecule has 0 spiro atoms. The van der Waals surface area contributed by atoms with Crippen molar-refractivity contribution < 1.29 is 4.52 Å². The first kappa shape index (κ1) is 16.5. The fraction of sp³-hybridized carbons (Fsp3) is 0.471. The van der Waals surface area contributed by atoms with E-state index in [4.69, 9.17) is 4.52 Å². The van der Waals surface area contributed by atoms with Crippen LogP contribution < -0.4 is 10.2 Å². The molecule has 0 aliphatic carbocycles. The van der Waals surface area contributed by atoms with Crippen LogP contribution >= 0.6 is 0 Å². The van der Waals surface area contributed by atoms with E-state index in [0.717, 1.165) is 42.5 Å². The lowest BCUT2D eigenvalue weighted by Crippen LogP contribution is -2.27. The van der Waals surface area contributed by atoms with Gasteiger partial charge < -0.3 is 14.7 Å². The Labute approximate surface area is 151 Å². The van der Waals surface area contributed by atoms with E-state index in [0.29, 0.717) is 6.01 Å². The molecule has 1 N–H and O–H groups in total. The monoisotopic (exact) mass is 354 g/mol. The molecule has 9 nitrogen and oxygen atoms in total. The van der Waals surface area contributed by atoms with Crippen molar-refractivity contribution in [2.45, 2.75) is 32.2 Å². The van der Waals surface area contributed by atoms with Gasteiger partial charge in [-0.3, -0.25) is 4.68 Å². The molecule has 0 amide bonds. The number of anilines is 2. The van der Waals surface area contributed by atoms with Crippen molar-refractivity contribution in [2.75, 3.05) is 23.3 Å². The predicted octanol–water partition coefficient (Wildman–Crippen LogP) is 2.07. The molecular formula is C17H22N8O. The van der Waals surface area contributed by atoms with Gasteiger partial charge in [0, 0.05) is 50.1 Å². The highest BCUT2D eigenvalue weighted by atomic mass is 16.5. The molecule has 4 rings (SSSR count). The quantitative estimate of drug-likeness (QED) is 0.744. The van der Waals surface area contributed by atoms with Crippen LogP contribution in [0.4, 0.5) is 12.0 Å². The third kappa shape index (κ3) is 3.37. The Bertz CT molecular complexity index is 886. The summed E-state index contributed by atoms with van der Waals surface area (Å²) in [7, 11) is 1.89. The van der Waals surface area contributed by atoms with Gasteiger partial charge in [0.15, 0.2) is 5.82 Å². The van der Waals surface area contributed by atoms with E-state index in [2.05, 4.69) is 35.4 Å². The molecule has 0 radical (unpaired) electrons. The summed E-state index contributed by atoms with van der Waals surface area (Å²) in [5, 5.41) is 11.5. The average Bonchev–Trinajstić information content (AvgIpc) is 3.36. The largest absolute Gasteiger partial charge is 0.339 e. The summed E-state index contributed by atoms with van der Waals surface area (Å²) >= 11 is 0. The van der Waals surface area contributed by atoms with E-state index in [-0.39, 0.29) is 12.0 Å². The zero-order chi connectivity index (χ0) is 18.1. The van der Waals surface area contributed by atoms with Gasteiger partial charge in [0.1, 0.15) is 0 Å². The number of nitrogens with zero attached hydrogens (tertiary/aromatic N) is 7. The first-order chi connectivity index (χ1) is 12.6. The first-order valence-corrected chi connectivity index (χ1v) is 8.75. The van der Waals surface area contributed by atoms with Crippen LogP contribution in [-0.4, -0.2) is 49.0 Å². The zero-order valence-corrected chi connectivity index (χ0v) is 15.1. The normalized spacial score (nSPS) is 17.2. The highest BCUT2D eigenvalue weighted by Crippen LogP contribution is 2.22. The molecule has 3 aromatic heterocycles. The van der Waals surface area contributed by atoms with E-state index in [9.17, 15) is 0 Å². The SMILES string of the molecule is CC(C)c1noc(NC2CCN(c3nccc(-c4cnn(C)c4)n3)C2)n1. The third-order valence-corrected chi connectivity index (χ3v) is 4.40. The van der Waals surface area contributed by atoms with Gasteiger partial charge in [-0.05, 0) is 12.5 Å². The molecule has 0 aromatic carbocycles. The first-order valence-electron chi connectivity index (χ1n) is 8.75. The number of aryl methyl sites for hydroxylation is 1. The Morgan fingerprint density at radius 1 is 1.31 bits per heavy atom. The molecule has 9 heteroatoms. The van der Waals surface area contributed by atoms with Crippen molar-refractivity contribution in [3.05, 3.63) is 30.5 Å². The van der Waals surface area contributed by atoms with Gasteiger partial charge in [0.25, 0.3) is 0 Å². The van der Waals surface area contributed by atoms with E-state index in [1.165, 1.54) is 0 Å². The van der Waals surface area contributed by atoms with Crippen LogP contribution in [0.5, 0.6) is 0 Å². The van der Waals surface area contributed by atoms with Crippen LogP contribution in [0.3, 0.4) is 0 Å². The van der Waals surface area contributed by atoms with Gasteiger partial charge in [-0.1, -0.05) is 19.0 Å². The fourth-order valence-corrected chi connectivity index (χ4v) is 2.98. The Balaban J connectivity index is 1.43. The number of hydrogen-bond acceptors (Lipinski definition) is 8. The summed E-state index contributed by atoms with van der Waals surface area (Å²) in [5.74, 6) is 1.69. The molecule has 136 valence electrons. The summed E-state index contributed by atoms with van der Waals surface area (Å²) in [6, 6.07) is 2.60. The maximum atomic E-state index is 5.28.